The predicted octanol–water partition coefficient (Wildman–Crippen LogP) is 3.25. The summed E-state index contributed by atoms with van der Waals surface area (Å²) < 4.78 is 2.40. The molecule has 2 aromatic rings. The van der Waals surface area contributed by atoms with Crippen LogP contribution in [-0.4, -0.2) is 38.4 Å². The smallest absolute Gasteiger partial charge is 0.255 e. The average Bonchev–Trinajstić information content (AvgIpc) is 3.37. The van der Waals surface area contributed by atoms with Gasteiger partial charge in [0.15, 0.2) is 0 Å². The van der Waals surface area contributed by atoms with Crippen molar-refractivity contribution in [3.8, 4) is 0 Å². The number of nitrogens with zero attached hydrogens (tertiary/aromatic N) is 4. The van der Waals surface area contributed by atoms with Gasteiger partial charge >= 0.3 is 0 Å². The fourth-order valence-corrected chi connectivity index (χ4v) is 3.81. The lowest BCUT2D eigenvalue weighted by atomic mass is 10.0. The van der Waals surface area contributed by atoms with E-state index in [1.54, 1.807) is 6.20 Å². The Hall–Kier alpha value is -2.17. The van der Waals surface area contributed by atoms with Gasteiger partial charge in [0.1, 0.15) is 5.82 Å². The minimum absolute atomic E-state index is 0.107. The normalized spacial score (nSPS) is 21.1. The standard InChI is InChI=1S/C19H24N4O/c1-13-11-21-18(15-7-8-15)23(13)16-5-4-10-22(12-16)19(24)17-6-3-9-20-14(17)2/h3,6,9,11,15-16H,4-5,7-8,10,12H2,1-2H3. The van der Waals surface area contributed by atoms with Gasteiger partial charge in [0.05, 0.1) is 11.6 Å². The summed E-state index contributed by atoms with van der Waals surface area (Å²) in [4.78, 5) is 23.8. The van der Waals surface area contributed by atoms with E-state index in [1.807, 2.05) is 30.2 Å². The molecule has 2 aromatic heterocycles. The molecule has 0 bridgehead atoms. The van der Waals surface area contributed by atoms with E-state index in [9.17, 15) is 4.79 Å². The lowest BCUT2D eigenvalue weighted by molar-refractivity contribution is 0.0675. The largest absolute Gasteiger partial charge is 0.337 e. The molecule has 4 rings (SSSR count). The number of likely N-dealkylation sites (tertiary alicyclic amines) is 1. The Morgan fingerprint density at radius 1 is 1.21 bits per heavy atom. The Bertz CT molecular complexity index is 762. The second kappa shape index (κ2) is 6.04. The highest BCUT2D eigenvalue weighted by atomic mass is 16.2. The molecule has 1 unspecified atom stereocenters. The third kappa shape index (κ3) is 2.72. The summed E-state index contributed by atoms with van der Waals surface area (Å²) in [5, 5.41) is 0. The molecule has 24 heavy (non-hydrogen) atoms. The van der Waals surface area contributed by atoms with Crippen LogP contribution in [0.3, 0.4) is 0 Å². The molecule has 1 aliphatic heterocycles. The topological polar surface area (TPSA) is 51.0 Å². The zero-order valence-corrected chi connectivity index (χ0v) is 14.4. The van der Waals surface area contributed by atoms with E-state index in [-0.39, 0.29) is 5.91 Å². The van der Waals surface area contributed by atoms with Crippen molar-refractivity contribution in [2.45, 2.75) is 51.5 Å². The van der Waals surface area contributed by atoms with Crippen molar-refractivity contribution in [2.24, 2.45) is 0 Å². The fraction of sp³-hybridized carbons (Fsp3) is 0.526. The highest BCUT2D eigenvalue weighted by Crippen LogP contribution is 2.41. The Balaban J connectivity index is 1.57. The summed E-state index contributed by atoms with van der Waals surface area (Å²) >= 11 is 0. The van der Waals surface area contributed by atoms with Gasteiger partial charge in [-0.2, -0.15) is 0 Å². The number of imidazole rings is 1. The number of carbonyl (C=O) groups is 1. The SMILES string of the molecule is Cc1ncccc1C(=O)N1CCCC(n2c(C)cnc2C2CC2)C1. The molecule has 0 aromatic carbocycles. The molecule has 1 aliphatic carbocycles. The van der Waals surface area contributed by atoms with Crippen molar-refractivity contribution in [1.82, 2.24) is 19.4 Å². The molecule has 0 radical (unpaired) electrons. The van der Waals surface area contributed by atoms with Crippen LogP contribution in [0.1, 0.15) is 65.2 Å². The van der Waals surface area contributed by atoms with Gasteiger partial charge in [-0.1, -0.05) is 0 Å². The van der Waals surface area contributed by atoms with Crippen LogP contribution in [0, 0.1) is 13.8 Å². The lowest BCUT2D eigenvalue weighted by Crippen LogP contribution is -2.41. The van der Waals surface area contributed by atoms with E-state index in [0.29, 0.717) is 12.0 Å². The van der Waals surface area contributed by atoms with Gasteiger partial charge in [0.2, 0.25) is 0 Å². The van der Waals surface area contributed by atoms with Crippen LogP contribution >= 0.6 is 0 Å². The number of piperidine rings is 1. The summed E-state index contributed by atoms with van der Waals surface area (Å²) in [5.74, 6) is 1.96. The minimum Gasteiger partial charge on any atom is -0.337 e. The molecule has 0 spiro atoms. The first-order chi connectivity index (χ1) is 11.6. The van der Waals surface area contributed by atoms with E-state index in [2.05, 4.69) is 21.5 Å². The summed E-state index contributed by atoms with van der Waals surface area (Å²) in [6.45, 7) is 5.63. The summed E-state index contributed by atoms with van der Waals surface area (Å²) in [5.41, 5.74) is 2.75. The second-order valence-corrected chi connectivity index (χ2v) is 7.09. The van der Waals surface area contributed by atoms with E-state index >= 15 is 0 Å². The highest BCUT2D eigenvalue weighted by molar-refractivity contribution is 5.95. The van der Waals surface area contributed by atoms with Crippen LogP contribution in [0.2, 0.25) is 0 Å². The van der Waals surface area contributed by atoms with Crippen LogP contribution in [0.15, 0.2) is 24.5 Å². The van der Waals surface area contributed by atoms with E-state index in [0.717, 1.165) is 37.2 Å². The van der Waals surface area contributed by atoms with Crippen LogP contribution < -0.4 is 0 Å². The highest BCUT2D eigenvalue weighted by Gasteiger charge is 2.33. The molecular weight excluding hydrogens is 300 g/mol. The number of rotatable bonds is 3. The Labute approximate surface area is 142 Å². The molecule has 1 saturated carbocycles. The molecule has 0 N–H and O–H groups in total. The lowest BCUT2D eigenvalue weighted by Gasteiger charge is -2.35. The number of amides is 1. The van der Waals surface area contributed by atoms with Crippen LogP contribution in [0.5, 0.6) is 0 Å². The first kappa shape index (κ1) is 15.4. The van der Waals surface area contributed by atoms with Gasteiger partial charge in [0, 0.05) is 42.8 Å². The predicted molar refractivity (Wildman–Crippen MR) is 92.1 cm³/mol. The second-order valence-electron chi connectivity index (χ2n) is 7.09. The molecule has 5 nitrogen and oxygen atoms in total. The fourth-order valence-electron chi connectivity index (χ4n) is 3.81. The number of aromatic nitrogens is 3. The van der Waals surface area contributed by atoms with E-state index < -0.39 is 0 Å². The number of hydrogen-bond donors (Lipinski definition) is 0. The van der Waals surface area contributed by atoms with Crippen molar-refractivity contribution in [1.29, 1.82) is 0 Å². The zero-order chi connectivity index (χ0) is 16.7. The van der Waals surface area contributed by atoms with E-state index in [4.69, 9.17) is 0 Å². The van der Waals surface area contributed by atoms with Crippen molar-refractivity contribution in [3.05, 3.63) is 47.3 Å². The Morgan fingerprint density at radius 2 is 2.04 bits per heavy atom. The molecule has 1 amide bonds. The maximum atomic E-state index is 12.9. The molecular formula is C19H24N4O. The molecule has 3 heterocycles. The third-order valence-electron chi connectivity index (χ3n) is 5.24. The quantitative estimate of drug-likeness (QED) is 0.871. The maximum Gasteiger partial charge on any atom is 0.255 e. The van der Waals surface area contributed by atoms with Gasteiger partial charge in [0.25, 0.3) is 5.91 Å². The average molecular weight is 324 g/mol. The Kier molecular flexibility index (Phi) is 3.87. The molecule has 1 saturated heterocycles. The first-order valence-corrected chi connectivity index (χ1v) is 8.89. The van der Waals surface area contributed by atoms with Crippen molar-refractivity contribution in [3.63, 3.8) is 0 Å². The van der Waals surface area contributed by atoms with Gasteiger partial charge in [-0.05, 0) is 51.7 Å². The first-order valence-electron chi connectivity index (χ1n) is 8.89. The van der Waals surface area contributed by atoms with Crippen molar-refractivity contribution >= 4 is 5.91 Å². The van der Waals surface area contributed by atoms with Gasteiger partial charge in [-0.3, -0.25) is 9.78 Å². The zero-order valence-electron chi connectivity index (χ0n) is 14.4. The minimum atomic E-state index is 0.107. The molecule has 2 fully saturated rings. The number of hydrogen-bond acceptors (Lipinski definition) is 3. The maximum absolute atomic E-state index is 12.9. The van der Waals surface area contributed by atoms with Gasteiger partial charge in [-0.15, -0.1) is 0 Å². The number of carbonyl (C=O) groups excluding carboxylic acids is 1. The monoisotopic (exact) mass is 324 g/mol. The van der Waals surface area contributed by atoms with Gasteiger partial charge in [-0.25, -0.2) is 4.98 Å². The van der Waals surface area contributed by atoms with Crippen molar-refractivity contribution in [2.75, 3.05) is 13.1 Å². The van der Waals surface area contributed by atoms with E-state index in [1.165, 1.54) is 24.4 Å². The molecule has 2 aliphatic rings. The van der Waals surface area contributed by atoms with Crippen LogP contribution in [0.4, 0.5) is 0 Å². The molecule has 126 valence electrons. The number of pyridine rings is 1. The molecule has 1 atom stereocenters. The summed E-state index contributed by atoms with van der Waals surface area (Å²) in [7, 11) is 0. The summed E-state index contributed by atoms with van der Waals surface area (Å²) in [6.07, 6.45) is 8.38. The third-order valence-corrected chi connectivity index (χ3v) is 5.24. The summed E-state index contributed by atoms with van der Waals surface area (Å²) in [6, 6.07) is 4.07. The molecule has 5 heteroatoms. The number of aryl methyl sites for hydroxylation is 2. The van der Waals surface area contributed by atoms with Crippen LogP contribution in [0.25, 0.3) is 0 Å². The van der Waals surface area contributed by atoms with Gasteiger partial charge < -0.3 is 9.47 Å². The van der Waals surface area contributed by atoms with Crippen molar-refractivity contribution < 1.29 is 4.79 Å². The van der Waals surface area contributed by atoms with Crippen LogP contribution in [-0.2, 0) is 0 Å². The Morgan fingerprint density at radius 3 is 2.79 bits per heavy atom.